The number of pyridine rings is 1. The second kappa shape index (κ2) is 12.4. The lowest BCUT2D eigenvalue weighted by atomic mass is 9.77. The number of carbonyl (C=O) groups is 2. The summed E-state index contributed by atoms with van der Waals surface area (Å²) in [7, 11) is -3.79. The van der Waals surface area contributed by atoms with Crippen molar-refractivity contribution in [2.75, 3.05) is 49.1 Å². The molecule has 0 atom stereocenters. The Balaban J connectivity index is 1.07. The molecule has 3 N–H and O–H groups in total. The zero-order valence-corrected chi connectivity index (χ0v) is 26.6. The average Bonchev–Trinajstić information content (AvgIpc) is 3.69. The second-order valence-electron chi connectivity index (χ2n) is 12.7. The van der Waals surface area contributed by atoms with Gasteiger partial charge in [0.1, 0.15) is 11.0 Å². The third kappa shape index (κ3) is 6.54. The maximum absolute atomic E-state index is 15.9. The Kier molecular flexibility index (Phi) is 8.83. The molecule has 2 amide bonds. The van der Waals surface area contributed by atoms with Crippen molar-refractivity contribution in [2.24, 2.45) is 17.6 Å². The normalized spacial score (nSPS) is 24.1. The van der Waals surface area contributed by atoms with E-state index >= 15 is 8.78 Å². The van der Waals surface area contributed by atoms with Gasteiger partial charge in [-0.25, -0.2) is 22.2 Å². The first kappa shape index (κ1) is 32.1. The molecule has 45 heavy (non-hydrogen) atoms. The van der Waals surface area contributed by atoms with Crippen LogP contribution >= 0.6 is 11.6 Å². The number of rotatable bonds is 9. The topological polar surface area (TPSA) is 129 Å². The molecule has 2 aliphatic heterocycles. The van der Waals surface area contributed by atoms with Crippen LogP contribution in [0.15, 0.2) is 41.3 Å². The highest BCUT2D eigenvalue weighted by Crippen LogP contribution is 2.46. The summed E-state index contributed by atoms with van der Waals surface area (Å²) in [6.07, 6.45) is 4.17. The minimum atomic E-state index is -3.79. The fourth-order valence-electron chi connectivity index (χ4n) is 6.71. The summed E-state index contributed by atoms with van der Waals surface area (Å²) in [6, 6.07) is 8.87. The van der Waals surface area contributed by atoms with Crippen LogP contribution in [-0.4, -0.2) is 74.3 Å². The number of amides is 2. The van der Waals surface area contributed by atoms with Crippen LogP contribution in [0.2, 0.25) is 5.15 Å². The molecule has 0 bridgehead atoms. The van der Waals surface area contributed by atoms with Crippen LogP contribution in [0, 0.1) is 11.8 Å². The predicted molar refractivity (Wildman–Crippen MR) is 167 cm³/mol. The van der Waals surface area contributed by atoms with Crippen molar-refractivity contribution >= 4 is 44.9 Å². The molecule has 2 saturated heterocycles. The minimum Gasteiger partial charge on any atom is -0.354 e. The number of piperazine rings is 1. The van der Waals surface area contributed by atoms with Gasteiger partial charge >= 0.3 is 0 Å². The summed E-state index contributed by atoms with van der Waals surface area (Å²) in [4.78, 5) is 32.6. The molecule has 1 aromatic carbocycles. The van der Waals surface area contributed by atoms with Crippen molar-refractivity contribution in [2.45, 2.75) is 67.7 Å². The third-order valence-corrected chi connectivity index (χ3v) is 11.9. The fraction of sp³-hybridized carbons (Fsp3) is 0.581. The number of benzene rings is 1. The summed E-state index contributed by atoms with van der Waals surface area (Å²) in [5, 5.41) is 2.97. The Morgan fingerprint density at radius 2 is 1.71 bits per heavy atom. The van der Waals surface area contributed by atoms with Crippen LogP contribution in [0.25, 0.3) is 0 Å². The molecular weight excluding hydrogens is 626 g/mol. The highest BCUT2D eigenvalue weighted by molar-refractivity contribution is 7.89. The lowest BCUT2D eigenvalue weighted by Crippen LogP contribution is -2.49. The van der Waals surface area contributed by atoms with Crippen LogP contribution in [0.4, 0.5) is 20.3 Å². The minimum absolute atomic E-state index is 0.0268. The van der Waals surface area contributed by atoms with Crippen molar-refractivity contribution in [3.63, 3.8) is 0 Å². The molecule has 2 aromatic rings. The number of halogens is 3. The van der Waals surface area contributed by atoms with Gasteiger partial charge in [0.05, 0.1) is 10.4 Å². The molecule has 0 unspecified atom stereocenters. The Hall–Kier alpha value is -2.87. The SMILES string of the molecule is NCC1(NC(=O)[C@H]2CC[C@H](C(F)(F)c3cc(Cl)nc(N4CCN(S(=O)(=O)c5ccc(N6CCCC6=O)cc5)CC4)c3)CC2)CC1. The Labute approximate surface area is 267 Å². The van der Waals surface area contributed by atoms with Crippen molar-refractivity contribution in [3.8, 4) is 0 Å². The van der Waals surface area contributed by atoms with Crippen molar-refractivity contribution in [3.05, 3.63) is 47.1 Å². The van der Waals surface area contributed by atoms with Gasteiger partial charge < -0.3 is 20.9 Å². The Bertz CT molecular complexity index is 1540. The maximum atomic E-state index is 15.9. The maximum Gasteiger partial charge on any atom is 0.276 e. The number of nitrogens with two attached hydrogens (primary N) is 1. The summed E-state index contributed by atoms with van der Waals surface area (Å²) in [6.45, 7) is 1.80. The van der Waals surface area contributed by atoms with Gasteiger partial charge in [-0.15, -0.1) is 0 Å². The third-order valence-electron chi connectivity index (χ3n) is 9.83. The molecule has 3 heterocycles. The number of nitrogens with zero attached hydrogens (tertiary/aromatic N) is 4. The van der Waals surface area contributed by atoms with Crippen LogP contribution in [0.1, 0.15) is 56.9 Å². The predicted octanol–water partition coefficient (Wildman–Crippen LogP) is 3.88. The van der Waals surface area contributed by atoms with E-state index in [4.69, 9.17) is 17.3 Å². The molecule has 1 aromatic heterocycles. The summed E-state index contributed by atoms with van der Waals surface area (Å²) >= 11 is 6.25. The van der Waals surface area contributed by atoms with E-state index in [1.807, 2.05) is 0 Å². The lowest BCUT2D eigenvalue weighted by Gasteiger charge is -2.36. The molecule has 10 nitrogen and oxygen atoms in total. The molecule has 0 radical (unpaired) electrons. The van der Waals surface area contributed by atoms with Gasteiger partial charge in [-0.2, -0.15) is 4.31 Å². The van der Waals surface area contributed by atoms with E-state index < -0.39 is 21.9 Å². The monoisotopic (exact) mass is 664 g/mol. The number of aromatic nitrogens is 1. The summed E-state index contributed by atoms with van der Waals surface area (Å²) in [5.74, 6) is -4.19. The van der Waals surface area contributed by atoms with E-state index in [1.165, 1.54) is 28.6 Å². The molecule has 2 aliphatic carbocycles. The number of anilines is 2. The Morgan fingerprint density at radius 1 is 1.04 bits per heavy atom. The summed E-state index contributed by atoms with van der Waals surface area (Å²) in [5.41, 5.74) is 5.92. The second-order valence-corrected chi connectivity index (χ2v) is 15.0. The van der Waals surface area contributed by atoms with Gasteiger partial charge in [0.15, 0.2) is 0 Å². The van der Waals surface area contributed by atoms with E-state index in [2.05, 4.69) is 10.3 Å². The number of nitrogens with one attached hydrogen (secondary N) is 1. The smallest absolute Gasteiger partial charge is 0.276 e. The van der Waals surface area contributed by atoms with E-state index in [1.54, 1.807) is 21.9 Å². The van der Waals surface area contributed by atoms with Crippen molar-refractivity contribution in [1.29, 1.82) is 0 Å². The largest absolute Gasteiger partial charge is 0.354 e. The van der Waals surface area contributed by atoms with Gasteiger partial charge in [0, 0.05) is 68.8 Å². The number of hydrogen-bond donors (Lipinski definition) is 2. The molecule has 14 heteroatoms. The number of hydrogen-bond acceptors (Lipinski definition) is 7. The number of carbonyl (C=O) groups excluding carboxylic acids is 2. The van der Waals surface area contributed by atoms with E-state index in [-0.39, 0.29) is 83.7 Å². The number of sulfonamides is 1. The van der Waals surface area contributed by atoms with Crippen LogP contribution < -0.4 is 20.9 Å². The van der Waals surface area contributed by atoms with E-state index in [0.717, 1.165) is 19.3 Å². The van der Waals surface area contributed by atoms with Crippen molar-refractivity contribution in [1.82, 2.24) is 14.6 Å². The van der Waals surface area contributed by atoms with Crippen LogP contribution in [0.3, 0.4) is 0 Å². The molecule has 244 valence electrons. The standard InChI is InChI=1S/C31H39ClF2N6O4S/c32-26-18-23(31(33,34)22-5-3-21(4-6-22)29(42)37-30(20-35)11-12-30)19-27(36-26)38-14-16-39(17-15-38)45(43,44)25-9-7-24(8-10-25)40-13-1-2-28(40)41/h7-10,18-19,21-22H,1-6,11-17,20,35H2,(H,37,42)/t21-,22-. The quantitative estimate of drug-likeness (QED) is 0.390. The molecule has 2 saturated carbocycles. The zero-order valence-electron chi connectivity index (χ0n) is 25.1. The van der Waals surface area contributed by atoms with E-state index in [9.17, 15) is 18.0 Å². The molecule has 4 aliphatic rings. The Morgan fingerprint density at radius 3 is 2.29 bits per heavy atom. The lowest BCUT2D eigenvalue weighted by molar-refractivity contribution is -0.130. The van der Waals surface area contributed by atoms with Crippen LogP contribution in [-0.2, 0) is 25.5 Å². The first-order valence-corrected chi connectivity index (χ1v) is 17.5. The molecule has 0 spiro atoms. The fourth-order valence-corrected chi connectivity index (χ4v) is 8.34. The van der Waals surface area contributed by atoms with Gasteiger partial charge in [-0.1, -0.05) is 11.6 Å². The van der Waals surface area contributed by atoms with Gasteiger partial charge in [0.25, 0.3) is 5.92 Å². The number of alkyl halides is 2. The van der Waals surface area contributed by atoms with E-state index in [0.29, 0.717) is 38.0 Å². The zero-order chi connectivity index (χ0) is 32.0. The first-order valence-electron chi connectivity index (χ1n) is 15.7. The first-order chi connectivity index (χ1) is 21.4. The molecular formula is C31H39ClF2N6O4S. The van der Waals surface area contributed by atoms with Gasteiger partial charge in [-0.05, 0) is 81.3 Å². The molecule has 4 fully saturated rings. The van der Waals surface area contributed by atoms with Gasteiger partial charge in [0.2, 0.25) is 21.8 Å². The van der Waals surface area contributed by atoms with Crippen molar-refractivity contribution < 1.29 is 26.8 Å². The molecule has 6 rings (SSSR count). The average molecular weight is 665 g/mol. The highest BCUT2D eigenvalue weighted by Gasteiger charge is 2.47. The highest BCUT2D eigenvalue weighted by atomic mass is 35.5. The van der Waals surface area contributed by atoms with Crippen LogP contribution in [0.5, 0.6) is 0 Å². The summed E-state index contributed by atoms with van der Waals surface area (Å²) < 4.78 is 59.8. The van der Waals surface area contributed by atoms with Gasteiger partial charge in [-0.3, -0.25) is 9.59 Å².